The number of H-pyrrole nitrogens is 2. The maximum absolute atomic E-state index is 13.8. The number of hydrogen-bond donors (Lipinski definition) is 3. The largest absolute Gasteiger partial charge is 0.336 e. The van der Waals surface area contributed by atoms with E-state index in [2.05, 4.69) is 38.1 Å². The summed E-state index contributed by atoms with van der Waals surface area (Å²) in [6.45, 7) is 8.36. The number of halogens is 1. The SMILES string of the molecule is C=C(/C=c1/c(-c2nc3c(-c4cccc(F)c4)nccc3[nH]2)n[nH]/c1=C/C)C1CCNCC1. The van der Waals surface area contributed by atoms with Crippen LogP contribution in [-0.2, 0) is 0 Å². The van der Waals surface area contributed by atoms with Gasteiger partial charge in [0.25, 0.3) is 0 Å². The summed E-state index contributed by atoms with van der Waals surface area (Å²) in [5.74, 6) is 0.795. The number of allylic oxidation sites excluding steroid dienone is 1. The van der Waals surface area contributed by atoms with Crippen LogP contribution in [0.1, 0.15) is 19.8 Å². The lowest BCUT2D eigenvalue weighted by molar-refractivity contribution is 0.428. The molecule has 0 radical (unpaired) electrons. The summed E-state index contributed by atoms with van der Waals surface area (Å²) in [4.78, 5) is 12.7. The smallest absolute Gasteiger partial charge is 0.159 e. The van der Waals surface area contributed by atoms with Gasteiger partial charge in [-0.15, -0.1) is 0 Å². The summed E-state index contributed by atoms with van der Waals surface area (Å²) in [7, 11) is 0. The van der Waals surface area contributed by atoms with Crippen molar-refractivity contribution in [3.63, 3.8) is 0 Å². The van der Waals surface area contributed by atoms with Crippen LogP contribution in [0.15, 0.2) is 48.7 Å². The van der Waals surface area contributed by atoms with Crippen LogP contribution in [-0.4, -0.2) is 38.2 Å². The van der Waals surface area contributed by atoms with E-state index in [1.54, 1.807) is 12.3 Å². The van der Waals surface area contributed by atoms with Gasteiger partial charge in [0, 0.05) is 17.0 Å². The average molecular weight is 429 g/mol. The molecule has 6 nitrogen and oxygen atoms in total. The van der Waals surface area contributed by atoms with Gasteiger partial charge in [-0.3, -0.25) is 10.1 Å². The van der Waals surface area contributed by atoms with Gasteiger partial charge >= 0.3 is 0 Å². The van der Waals surface area contributed by atoms with E-state index in [-0.39, 0.29) is 5.82 Å². The number of hydrogen-bond acceptors (Lipinski definition) is 4. The minimum Gasteiger partial charge on any atom is -0.336 e. The summed E-state index contributed by atoms with van der Waals surface area (Å²) in [6.07, 6.45) is 8.00. The molecule has 32 heavy (non-hydrogen) atoms. The molecule has 3 aromatic heterocycles. The highest BCUT2D eigenvalue weighted by Crippen LogP contribution is 2.27. The standard InChI is InChI=1S/C25H25FN6/c1-3-20-19(13-15(2)16-7-10-27-11-8-16)23(32-31-20)25-29-21-9-12-28-22(24(21)30-25)17-5-4-6-18(26)14-17/h3-6,9,12-14,16,27,31H,2,7-8,10-11H2,1H3,(H,29,30)/b19-13+,20-3+. The number of imidazole rings is 1. The number of aromatic amines is 2. The van der Waals surface area contributed by atoms with Gasteiger partial charge < -0.3 is 10.3 Å². The van der Waals surface area contributed by atoms with Gasteiger partial charge in [0.15, 0.2) is 5.82 Å². The van der Waals surface area contributed by atoms with E-state index in [1.807, 2.05) is 25.1 Å². The molecule has 0 amide bonds. The van der Waals surface area contributed by atoms with E-state index in [0.717, 1.165) is 53.3 Å². The maximum Gasteiger partial charge on any atom is 0.159 e. The lowest BCUT2D eigenvalue weighted by Crippen LogP contribution is -2.29. The van der Waals surface area contributed by atoms with Crippen LogP contribution in [0.4, 0.5) is 4.39 Å². The van der Waals surface area contributed by atoms with Crippen molar-refractivity contribution in [3.8, 4) is 22.8 Å². The molecule has 0 unspecified atom stereocenters. The molecule has 1 aromatic carbocycles. The van der Waals surface area contributed by atoms with E-state index < -0.39 is 0 Å². The molecule has 5 rings (SSSR count). The van der Waals surface area contributed by atoms with Crippen molar-refractivity contribution in [3.05, 3.63) is 65.1 Å². The first-order valence-corrected chi connectivity index (χ1v) is 10.9. The molecule has 1 saturated heterocycles. The van der Waals surface area contributed by atoms with E-state index >= 15 is 0 Å². The highest BCUT2D eigenvalue weighted by molar-refractivity contribution is 5.91. The first-order chi connectivity index (χ1) is 15.6. The quantitative estimate of drug-likeness (QED) is 0.466. The number of nitrogens with zero attached hydrogens (tertiary/aromatic N) is 3. The van der Waals surface area contributed by atoms with Crippen LogP contribution in [0.2, 0.25) is 0 Å². The Morgan fingerprint density at radius 1 is 1.19 bits per heavy atom. The molecule has 7 heteroatoms. The topological polar surface area (TPSA) is 82.3 Å². The second-order valence-corrected chi connectivity index (χ2v) is 8.08. The maximum atomic E-state index is 13.8. The Balaban J connectivity index is 1.62. The van der Waals surface area contributed by atoms with Crippen LogP contribution in [0.3, 0.4) is 0 Å². The van der Waals surface area contributed by atoms with Crippen LogP contribution in [0.5, 0.6) is 0 Å². The van der Waals surface area contributed by atoms with Gasteiger partial charge in [0.2, 0.25) is 0 Å². The van der Waals surface area contributed by atoms with Crippen molar-refractivity contribution >= 4 is 23.2 Å². The molecule has 3 N–H and O–H groups in total. The van der Waals surface area contributed by atoms with Gasteiger partial charge in [0.05, 0.1) is 16.6 Å². The summed E-state index contributed by atoms with van der Waals surface area (Å²) in [6, 6.07) is 8.27. The van der Waals surface area contributed by atoms with E-state index in [0.29, 0.717) is 28.5 Å². The van der Waals surface area contributed by atoms with Crippen molar-refractivity contribution in [2.24, 2.45) is 5.92 Å². The lowest BCUT2D eigenvalue weighted by Gasteiger charge is -2.22. The third-order valence-electron chi connectivity index (χ3n) is 6.04. The van der Waals surface area contributed by atoms with Crippen molar-refractivity contribution in [1.82, 2.24) is 30.5 Å². The summed E-state index contributed by atoms with van der Waals surface area (Å²) in [5.41, 5.74) is 4.66. The van der Waals surface area contributed by atoms with Crippen LogP contribution in [0.25, 0.3) is 46.0 Å². The fourth-order valence-electron chi connectivity index (χ4n) is 4.30. The minimum absolute atomic E-state index is 0.305. The van der Waals surface area contributed by atoms with E-state index in [1.165, 1.54) is 12.1 Å². The zero-order chi connectivity index (χ0) is 22.1. The Labute approximate surface area is 185 Å². The Morgan fingerprint density at radius 2 is 2.03 bits per heavy atom. The predicted octanol–water partition coefficient (Wildman–Crippen LogP) is 3.29. The van der Waals surface area contributed by atoms with Gasteiger partial charge in [0.1, 0.15) is 17.0 Å². The number of fused-ring (bicyclic) bond motifs is 1. The molecule has 1 aliphatic rings. The van der Waals surface area contributed by atoms with Gasteiger partial charge in [-0.1, -0.05) is 30.4 Å². The number of piperidine rings is 1. The van der Waals surface area contributed by atoms with Crippen molar-refractivity contribution in [2.75, 3.05) is 13.1 Å². The minimum atomic E-state index is -0.305. The summed E-state index contributed by atoms with van der Waals surface area (Å²) in [5, 5.41) is 13.0. The van der Waals surface area contributed by atoms with Crippen LogP contribution < -0.4 is 15.9 Å². The second kappa shape index (κ2) is 8.51. The van der Waals surface area contributed by atoms with E-state index in [9.17, 15) is 4.39 Å². The molecular formula is C25H25FN6. The molecule has 1 aliphatic heterocycles. The molecule has 0 bridgehead atoms. The number of benzene rings is 1. The zero-order valence-corrected chi connectivity index (χ0v) is 18.0. The Morgan fingerprint density at radius 3 is 2.81 bits per heavy atom. The summed E-state index contributed by atoms with van der Waals surface area (Å²) >= 11 is 0. The number of aromatic nitrogens is 5. The van der Waals surface area contributed by atoms with Gasteiger partial charge in [-0.05, 0) is 63.0 Å². The van der Waals surface area contributed by atoms with Crippen molar-refractivity contribution in [1.29, 1.82) is 0 Å². The molecule has 162 valence electrons. The molecule has 0 spiro atoms. The number of nitrogens with one attached hydrogen (secondary N) is 3. The highest BCUT2D eigenvalue weighted by atomic mass is 19.1. The van der Waals surface area contributed by atoms with E-state index in [4.69, 9.17) is 4.98 Å². The van der Waals surface area contributed by atoms with Crippen molar-refractivity contribution in [2.45, 2.75) is 19.8 Å². The first-order valence-electron chi connectivity index (χ1n) is 10.9. The Kier molecular flexibility index (Phi) is 5.41. The average Bonchev–Trinajstić information content (AvgIpc) is 3.43. The van der Waals surface area contributed by atoms with Gasteiger partial charge in [-0.25, -0.2) is 9.37 Å². The monoisotopic (exact) mass is 428 g/mol. The number of pyridine rings is 1. The second-order valence-electron chi connectivity index (χ2n) is 8.08. The summed E-state index contributed by atoms with van der Waals surface area (Å²) < 4.78 is 13.8. The molecule has 0 aliphatic carbocycles. The van der Waals surface area contributed by atoms with Crippen molar-refractivity contribution < 1.29 is 4.39 Å². The Hall–Kier alpha value is -3.58. The van der Waals surface area contributed by atoms with Crippen LogP contribution in [0, 0.1) is 11.7 Å². The molecule has 4 aromatic rings. The predicted molar refractivity (Wildman–Crippen MR) is 125 cm³/mol. The third kappa shape index (κ3) is 3.76. The normalized spacial score (nSPS) is 16.2. The number of rotatable bonds is 4. The van der Waals surface area contributed by atoms with Crippen LogP contribution >= 0.6 is 0 Å². The molecule has 0 saturated carbocycles. The Bertz CT molecular complexity index is 1410. The molecule has 1 fully saturated rings. The molecule has 4 heterocycles. The third-order valence-corrected chi connectivity index (χ3v) is 6.04. The fraction of sp³-hybridized carbons (Fsp3) is 0.240. The first kappa shape index (κ1) is 20.3. The lowest BCUT2D eigenvalue weighted by atomic mass is 9.90. The fourth-order valence-corrected chi connectivity index (χ4v) is 4.30. The highest BCUT2D eigenvalue weighted by Gasteiger charge is 2.17. The molecule has 0 atom stereocenters. The zero-order valence-electron chi connectivity index (χ0n) is 18.0. The molecular weight excluding hydrogens is 403 g/mol. The van der Waals surface area contributed by atoms with Gasteiger partial charge in [-0.2, -0.15) is 5.10 Å².